The molecule has 0 atom stereocenters. The van der Waals surface area contributed by atoms with E-state index in [1.165, 1.54) is 11.2 Å². The van der Waals surface area contributed by atoms with E-state index in [4.69, 9.17) is 0 Å². The molecule has 0 aromatic heterocycles. The largest absolute Gasteiger partial charge is 0.334 e. The van der Waals surface area contributed by atoms with Gasteiger partial charge in [-0.2, -0.15) is 0 Å². The predicted molar refractivity (Wildman–Crippen MR) is 97.7 cm³/mol. The Hall–Kier alpha value is -2.08. The topological polar surface area (TPSA) is 66.5 Å². The van der Waals surface area contributed by atoms with Gasteiger partial charge in [0.15, 0.2) is 9.84 Å². The van der Waals surface area contributed by atoms with Gasteiger partial charge in [0, 0.05) is 26.4 Å². The van der Waals surface area contributed by atoms with Crippen LogP contribution < -0.4 is 5.32 Å². The fourth-order valence-corrected chi connectivity index (χ4v) is 2.85. The normalized spacial score (nSPS) is 12.2. The molecule has 1 N–H and O–H groups in total. The van der Waals surface area contributed by atoms with E-state index in [-0.39, 0.29) is 12.6 Å². The lowest BCUT2D eigenvalue weighted by Crippen LogP contribution is -2.47. The molecule has 0 aliphatic rings. The number of carbonyl (C=O) groups excluding carboxylic acids is 1. The van der Waals surface area contributed by atoms with Crippen LogP contribution in [0.25, 0.3) is 10.8 Å². The molecule has 0 saturated heterocycles. The minimum Gasteiger partial charge on any atom is -0.334 e. The molecule has 0 bridgehead atoms. The van der Waals surface area contributed by atoms with E-state index in [1.807, 2.05) is 42.5 Å². The monoisotopic (exact) mass is 348 g/mol. The lowest BCUT2D eigenvalue weighted by Gasteiger charge is -2.28. The van der Waals surface area contributed by atoms with Crippen LogP contribution in [0.4, 0.5) is 4.79 Å². The van der Waals surface area contributed by atoms with Crippen molar-refractivity contribution in [1.29, 1.82) is 0 Å². The Morgan fingerprint density at radius 2 is 1.75 bits per heavy atom. The molecule has 0 aliphatic heterocycles. The third-order valence-electron chi connectivity index (χ3n) is 4.23. The number of rotatable bonds is 5. The average molecular weight is 348 g/mol. The summed E-state index contributed by atoms with van der Waals surface area (Å²) in [6.45, 7) is 3.77. The quantitative estimate of drug-likeness (QED) is 0.903. The van der Waals surface area contributed by atoms with Crippen LogP contribution in [0.15, 0.2) is 42.5 Å². The van der Waals surface area contributed by atoms with Crippen LogP contribution in [0.2, 0.25) is 0 Å². The minimum absolute atomic E-state index is 0.134. The number of nitrogens with one attached hydrogen (secondary N) is 1. The van der Waals surface area contributed by atoms with Crippen molar-refractivity contribution in [2.75, 3.05) is 19.8 Å². The minimum atomic E-state index is -3.24. The summed E-state index contributed by atoms with van der Waals surface area (Å²) >= 11 is 0. The molecule has 24 heavy (non-hydrogen) atoms. The van der Waals surface area contributed by atoms with Crippen molar-refractivity contribution in [3.05, 3.63) is 48.0 Å². The van der Waals surface area contributed by atoms with E-state index >= 15 is 0 Å². The lowest BCUT2D eigenvalue weighted by atomic mass is 10.1. The summed E-state index contributed by atoms with van der Waals surface area (Å²) in [5.74, 6) is 0. The third kappa shape index (κ3) is 4.26. The van der Waals surface area contributed by atoms with Crippen LogP contribution in [0.3, 0.4) is 0 Å². The van der Waals surface area contributed by atoms with Gasteiger partial charge < -0.3 is 10.2 Å². The van der Waals surface area contributed by atoms with Crippen molar-refractivity contribution in [3.8, 4) is 0 Å². The maximum absolute atomic E-state index is 12.2. The van der Waals surface area contributed by atoms with Crippen molar-refractivity contribution in [1.82, 2.24) is 10.2 Å². The highest BCUT2D eigenvalue weighted by Crippen LogP contribution is 2.17. The molecule has 0 aliphatic carbocycles. The third-order valence-corrected chi connectivity index (χ3v) is 6.36. The van der Waals surface area contributed by atoms with E-state index in [0.29, 0.717) is 6.54 Å². The van der Waals surface area contributed by atoms with Crippen LogP contribution in [0.5, 0.6) is 0 Å². The van der Waals surface area contributed by atoms with Crippen LogP contribution >= 0.6 is 0 Å². The number of benzene rings is 2. The second kappa shape index (κ2) is 6.81. The molecule has 0 heterocycles. The zero-order chi connectivity index (χ0) is 18.0. The molecule has 0 spiro atoms. The maximum Gasteiger partial charge on any atom is 0.317 e. The summed E-state index contributed by atoms with van der Waals surface area (Å²) in [6, 6.07) is 13.8. The SMILES string of the molecule is CN(CC(C)(C)S(C)(=O)=O)C(=O)NCc1ccc2ccccc2c1. The fourth-order valence-electron chi connectivity index (χ4n) is 2.42. The van der Waals surface area contributed by atoms with E-state index < -0.39 is 14.6 Å². The van der Waals surface area contributed by atoms with Gasteiger partial charge in [0.25, 0.3) is 0 Å². The molecule has 0 saturated carbocycles. The zero-order valence-electron chi connectivity index (χ0n) is 14.5. The Morgan fingerprint density at radius 3 is 2.38 bits per heavy atom. The highest BCUT2D eigenvalue weighted by Gasteiger charge is 2.32. The standard InChI is InChI=1S/C18H24N2O3S/c1-18(2,24(4,22)23)13-20(3)17(21)19-12-14-9-10-15-7-5-6-8-16(15)11-14/h5-11H,12-13H2,1-4H3,(H,19,21). The molecule has 0 radical (unpaired) electrons. The summed E-state index contributed by atoms with van der Waals surface area (Å²) in [6.07, 6.45) is 1.19. The number of hydrogen-bond acceptors (Lipinski definition) is 3. The first kappa shape index (κ1) is 18.3. The Bertz CT molecular complexity index is 844. The second-order valence-electron chi connectivity index (χ2n) is 6.73. The molecule has 130 valence electrons. The summed E-state index contributed by atoms with van der Waals surface area (Å²) in [7, 11) is -1.64. The van der Waals surface area contributed by atoms with Crippen LogP contribution in [-0.2, 0) is 16.4 Å². The first-order chi connectivity index (χ1) is 11.1. The van der Waals surface area contributed by atoms with E-state index in [0.717, 1.165) is 16.3 Å². The van der Waals surface area contributed by atoms with Gasteiger partial charge >= 0.3 is 6.03 Å². The van der Waals surface area contributed by atoms with Crippen molar-refractivity contribution >= 4 is 26.6 Å². The Labute approximate surface area is 143 Å². The maximum atomic E-state index is 12.2. The predicted octanol–water partition coefficient (Wildman–Crippen LogP) is 2.80. The van der Waals surface area contributed by atoms with Crippen molar-refractivity contribution in [2.45, 2.75) is 25.1 Å². The molecule has 2 amide bonds. The summed E-state index contributed by atoms with van der Waals surface area (Å²) in [5.41, 5.74) is 0.998. The van der Waals surface area contributed by atoms with Crippen molar-refractivity contribution in [2.24, 2.45) is 0 Å². The average Bonchev–Trinajstić information content (AvgIpc) is 2.50. The number of amides is 2. The summed E-state index contributed by atoms with van der Waals surface area (Å²) < 4.78 is 22.5. The highest BCUT2D eigenvalue weighted by molar-refractivity contribution is 7.92. The Kier molecular flexibility index (Phi) is 5.18. The first-order valence-electron chi connectivity index (χ1n) is 7.76. The highest BCUT2D eigenvalue weighted by atomic mass is 32.2. The van der Waals surface area contributed by atoms with Gasteiger partial charge in [0.05, 0.1) is 4.75 Å². The van der Waals surface area contributed by atoms with E-state index in [1.54, 1.807) is 20.9 Å². The molecule has 5 nitrogen and oxygen atoms in total. The first-order valence-corrected chi connectivity index (χ1v) is 9.65. The number of nitrogens with zero attached hydrogens (tertiary/aromatic N) is 1. The van der Waals surface area contributed by atoms with Gasteiger partial charge in [-0.15, -0.1) is 0 Å². The molecule has 0 fully saturated rings. The van der Waals surface area contributed by atoms with Gasteiger partial charge in [0.2, 0.25) is 0 Å². The molecule has 6 heteroatoms. The van der Waals surface area contributed by atoms with Crippen molar-refractivity contribution in [3.63, 3.8) is 0 Å². The van der Waals surface area contributed by atoms with Gasteiger partial charge in [-0.1, -0.05) is 36.4 Å². The number of hydrogen-bond donors (Lipinski definition) is 1. The second-order valence-corrected chi connectivity index (χ2v) is 9.38. The van der Waals surface area contributed by atoms with Gasteiger partial charge in [-0.3, -0.25) is 0 Å². The molecule has 2 aromatic carbocycles. The van der Waals surface area contributed by atoms with E-state index in [9.17, 15) is 13.2 Å². The lowest BCUT2D eigenvalue weighted by molar-refractivity contribution is 0.204. The van der Waals surface area contributed by atoms with Crippen molar-refractivity contribution < 1.29 is 13.2 Å². The van der Waals surface area contributed by atoms with E-state index in [2.05, 4.69) is 5.32 Å². The van der Waals surface area contributed by atoms with Gasteiger partial charge in [-0.25, -0.2) is 13.2 Å². The molecule has 2 aromatic rings. The molecular formula is C18H24N2O3S. The van der Waals surface area contributed by atoms with Crippen LogP contribution in [0, 0.1) is 0 Å². The summed E-state index contributed by atoms with van der Waals surface area (Å²) in [4.78, 5) is 13.6. The fraction of sp³-hybridized carbons (Fsp3) is 0.389. The van der Waals surface area contributed by atoms with Crippen LogP contribution in [0.1, 0.15) is 19.4 Å². The molecule has 0 unspecified atom stereocenters. The molecular weight excluding hydrogens is 324 g/mol. The van der Waals surface area contributed by atoms with Crippen LogP contribution in [-0.4, -0.2) is 43.9 Å². The zero-order valence-corrected chi connectivity index (χ0v) is 15.4. The van der Waals surface area contributed by atoms with Gasteiger partial charge in [-0.05, 0) is 36.2 Å². The number of fused-ring (bicyclic) bond motifs is 1. The number of sulfone groups is 1. The smallest absolute Gasteiger partial charge is 0.317 e. The summed E-state index contributed by atoms with van der Waals surface area (Å²) in [5, 5.41) is 5.10. The Balaban J connectivity index is 1.98. The number of carbonyl (C=O) groups is 1. The molecule has 2 rings (SSSR count). The Morgan fingerprint density at radius 1 is 1.12 bits per heavy atom. The van der Waals surface area contributed by atoms with Gasteiger partial charge in [0.1, 0.15) is 0 Å². The number of urea groups is 1.